The van der Waals surface area contributed by atoms with Crippen LogP contribution in [0.4, 0.5) is 0 Å². The summed E-state index contributed by atoms with van der Waals surface area (Å²) >= 11 is 0. The monoisotopic (exact) mass is 315 g/mol. The van der Waals surface area contributed by atoms with Crippen molar-refractivity contribution in [2.75, 3.05) is 0 Å². The molecule has 1 heterocycles. The average molecular weight is 315 g/mol. The third-order valence-corrected chi connectivity index (χ3v) is 4.97. The van der Waals surface area contributed by atoms with Crippen LogP contribution in [0.5, 0.6) is 0 Å². The Hall–Kier alpha value is -2.43. The van der Waals surface area contributed by atoms with Crippen LogP contribution >= 0.6 is 0 Å². The maximum Gasteiger partial charge on any atom is 0.508 e. The summed E-state index contributed by atoms with van der Waals surface area (Å²) in [5.41, 5.74) is 7.54. The topological polar surface area (TPSA) is 53.4 Å². The van der Waals surface area contributed by atoms with Crippen molar-refractivity contribution in [3.05, 3.63) is 71.9 Å². The summed E-state index contributed by atoms with van der Waals surface area (Å²) in [5.74, 6) is 0. The van der Waals surface area contributed by atoms with Crippen molar-refractivity contribution in [2.24, 2.45) is 0 Å². The summed E-state index contributed by atoms with van der Waals surface area (Å²) < 4.78 is 0. The summed E-state index contributed by atoms with van der Waals surface area (Å²) in [6.07, 6.45) is 1.69. The van der Waals surface area contributed by atoms with Gasteiger partial charge in [0.25, 0.3) is 0 Å². The minimum Gasteiger partial charge on any atom is -0.422 e. The Morgan fingerprint density at radius 3 is 2.25 bits per heavy atom. The SMILES string of the molecule is CC1(C)c2ccccc2-c2ccc(-c3ccc(B(O)O)nc3)cc21. The fraction of sp³-hybridized carbons (Fsp3) is 0.150. The number of rotatable bonds is 2. The molecule has 4 heteroatoms. The third kappa shape index (κ3) is 2.19. The zero-order valence-corrected chi connectivity index (χ0v) is 13.7. The van der Waals surface area contributed by atoms with E-state index in [2.05, 4.69) is 61.3 Å². The lowest BCUT2D eigenvalue weighted by Gasteiger charge is -2.22. The molecule has 4 rings (SSSR count). The molecule has 0 bridgehead atoms. The predicted octanol–water partition coefficient (Wildman–Crippen LogP) is 2.73. The van der Waals surface area contributed by atoms with E-state index in [0.717, 1.165) is 11.1 Å². The van der Waals surface area contributed by atoms with E-state index in [1.807, 2.05) is 6.07 Å². The molecule has 1 aliphatic carbocycles. The fourth-order valence-electron chi connectivity index (χ4n) is 3.61. The van der Waals surface area contributed by atoms with Gasteiger partial charge in [-0.25, -0.2) is 0 Å². The highest BCUT2D eigenvalue weighted by Gasteiger charge is 2.35. The van der Waals surface area contributed by atoms with Gasteiger partial charge < -0.3 is 10.0 Å². The molecule has 0 saturated heterocycles. The van der Waals surface area contributed by atoms with Gasteiger partial charge in [0.15, 0.2) is 0 Å². The molecule has 2 N–H and O–H groups in total. The zero-order chi connectivity index (χ0) is 16.9. The number of nitrogens with zero attached hydrogens (tertiary/aromatic N) is 1. The number of benzene rings is 2. The lowest BCUT2D eigenvalue weighted by Crippen LogP contribution is -2.32. The van der Waals surface area contributed by atoms with Crippen LogP contribution in [0.2, 0.25) is 0 Å². The first-order chi connectivity index (χ1) is 11.5. The predicted molar refractivity (Wildman–Crippen MR) is 97.1 cm³/mol. The molecule has 0 fully saturated rings. The first-order valence-corrected chi connectivity index (χ1v) is 8.05. The van der Waals surface area contributed by atoms with Crippen molar-refractivity contribution in [1.29, 1.82) is 0 Å². The Bertz CT molecular complexity index is 917. The van der Waals surface area contributed by atoms with Crippen LogP contribution in [0.15, 0.2) is 60.8 Å². The molecule has 0 unspecified atom stereocenters. The van der Waals surface area contributed by atoms with Gasteiger partial charge in [0.05, 0.1) is 5.59 Å². The number of aromatic nitrogens is 1. The van der Waals surface area contributed by atoms with Gasteiger partial charge in [0.1, 0.15) is 0 Å². The molecule has 1 aliphatic rings. The minimum atomic E-state index is -1.53. The first-order valence-electron chi connectivity index (χ1n) is 8.05. The molecule has 0 aliphatic heterocycles. The van der Waals surface area contributed by atoms with Gasteiger partial charge in [-0.2, -0.15) is 0 Å². The van der Waals surface area contributed by atoms with Gasteiger partial charge in [-0.15, -0.1) is 0 Å². The van der Waals surface area contributed by atoms with E-state index in [1.54, 1.807) is 12.3 Å². The fourth-order valence-corrected chi connectivity index (χ4v) is 3.61. The van der Waals surface area contributed by atoms with E-state index < -0.39 is 7.12 Å². The highest BCUT2D eigenvalue weighted by molar-refractivity contribution is 6.57. The van der Waals surface area contributed by atoms with E-state index in [0.29, 0.717) is 0 Å². The quantitative estimate of drug-likeness (QED) is 0.715. The normalized spacial score (nSPS) is 14.2. The van der Waals surface area contributed by atoms with E-state index >= 15 is 0 Å². The molecule has 0 amide bonds. The van der Waals surface area contributed by atoms with E-state index in [1.165, 1.54) is 22.3 Å². The maximum absolute atomic E-state index is 9.17. The number of fused-ring (bicyclic) bond motifs is 3. The second-order valence-electron chi connectivity index (χ2n) is 6.78. The van der Waals surface area contributed by atoms with Gasteiger partial charge in [-0.3, -0.25) is 4.98 Å². The van der Waals surface area contributed by atoms with E-state index in [9.17, 15) is 10.0 Å². The van der Waals surface area contributed by atoms with Crippen LogP contribution in [-0.4, -0.2) is 22.2 Å². The lowest BCUT2D eigenvalue weighted by atomic mass is 9.81. The Morgan fingerprint density at radius 2 is 1.54 bits per heavy atom. The standard InChI is InChI=1S/C20H18BNO2/c1-20(2)17-6-4-3-5-15(17)16-9-7-13(11-18(16)20)14-8-10-19(21(23)24)22-12-14/h3-12,23-24H,1-2H3. The molecule has 24 heavy (non-hydrogen) atoms. The van der Waals surface area contributed by atoms with Gasteiger partial charge in [0.2, 0.25) is 0 Å². The molecule has 118 valence electrons. The molecular weight excluding hydrogens is 297 g/mol. The largest absolute Gasteiger partial charge is 0.508 e. The molecule has 2 aromatic carbocycles. The lowest BCUT2D eigenvalue weighted by molar-refractivity contribution is 0.424. The van der Waals surface area contributed by atoms with Crippen molar-refractivity contribution < 1.29 is 10.0 Å². The summed E-state index contributed by atoms with van der Waals surface area (Å²) in [6.45, 7) is 4.51. The molecule has 0 spiro atoms. The molecule has 3 aromatic rings. The minimum absolute atomic E-state index is 0.0312. The van der Waals surface area contributed by atoms with Gasteiger partial charge in [0, 0.05) is 11.6 Å². The third-order valence-electron chi connectivity index (χ3n) is 4.97. The maximum atomic E-state index is 9.17. The molecule has 0 saturated carbocycles. The van der Waals surface area contributed by atoms with Crippen molar-refractivity contribution in [1.82, 2.24) is 4.98 Å². The van der Waals surface area contributed by atoms with Gasteiger partial charge in [-0.05, 0) is 45.5 Å². The van der Waals surface area contributed by atoms with Crippen LogP contribution in [0.1, 0.15) is 25.0 Å². The molecular formula is C20H18BNO2. The summed E-state index contributed by atoms with van der Waals surface area (Å²) in [5, 5.41) is 18.3. The highest BCUT2D eigenvalue weighted by Crippen LogP contribution is 2.49. The van der Waals surface area contributed by atoms with Crippen molar-refractivity contribution in [2.45, 2.75) is 19.3 Å². The first kappa shape index (κ1) is 15.1. The van der Waals surface area contributed by atoms with Crippen LogP contribution in [-0.2, 0) is 5.41 Å². The Labute approximate surface area is 141 Å². The van der Waals surface area contributed by atoms with Gasteiger partial charge in [-0.1, -0.05) is 56.3 Å². The Balaban J connectivity index is 1.82. The van der Waals surface area contributed by atoms with Crippen molar-refractivity contribution >= 4 is 12.7 Å². The number of hydrogen-bond donors (Lipinski definition) is 2. The van der Waals surface area contributed by atoms with Crippen LogP contribution in [0.3, 0.4) is 0 Å². The second kappa shape index (κ2) is 5.30. The zero-order valence-electron chi connectivity index (χ0n) is 13.7. The van der Waals surface area contributed by atoms with E-state index in [-0.39, 0.29) is 11.0 Å². The second-order valence-corrected chi connectivity index (χ2v) is 6.78. The molecule has 0 atom stereocenters. The van der Waals surface area contributed by atoms with E-state index in [4.69, 9.17) is 0 Å². The van der Waals surface area contributed by atoms with Crippen LogP contribution in [0, 0.1) is 0 Å². The summed E-state index contributed by atoms with van der Waals surface area (Å²) in [7, 11) is -1.53. The Morgan fingerprint density at radius 1 is 0.833 bits per heavy atom. The number of pyridine rings is 1. The van der Waals surface area contributed by atoms with Crippen molar-refractivity contribution in [3.63, 3.8) is 0 Å². The molecule has 1 aromatic heterocycles. The Kier molecular flexibility index (Phi) is 3.34. The highest BCUT2D eigenvalue weighted by atomic mass is 16.4. The average Bonchev–Trinajstić information content (AvgIpc) is 2.83. The smallest absolute Gasteiger partial charge is 0.422 e. The molecule has 0 radical (unpaired) electrons. The van der Waals surface area contributed by atoms with Crippen molar-refractivity contribution in [3.8, 4) is 22.3 Å². The number of hydrogen-bond acceptors (Lipinski definition) is 3. The van der Waals surface area contributed by atoms with Gasteiger partial charge >= 0.3 is 7.12 Å². The van der Waals surface area contributed by atoms with Crippen LogP contribution < -0.4 is 5.59 Å². The summed E-state index contributed by atoms with van der Waals surface area (Å²) in [4.78, 5) is 4.12. The summed E-state index contributed by atoms with van der Waals surface area (Å²) in [6, 6.07) is 18.6. The van der Waals surface area contributed by atoms with Crippen LogP contribution in [0.25, 0.3) is 22.3 Å². The molecule has 3 nitrogen and oxygen atoms in total.